The van der Waals surface area contributed by atoms with Gasteiger partial charge in [-0.15, -0.1) is 21.5 Å². The third-order valence-electron chi connectivity index (χ3n) is 6.99. The van der Waals surface area contributed by atoms with Crippen molar-refractivity contribution in [3.05, 3.63) is 57.5 Å². The van der Waals surface area contributed by atoms with Gasteiger partial charge in [0.15, 0.2) is 5.82 Å². The summed E-state index contributed by atoms with van der Waals surface area (Å²) in [5.74, 6) is 0.779. The summed E-state index contributed by atoms with van der Waals surface area (Å²) in [6.07, 6.45) is 1.85. The van der Waals surface area contributed by atoms with Crippen LogP contribution in [0.15, 0.2) is 29.3 Å². The number of carboxylic acid groups (broad SMARTS) is 1. The number of aliphatic carboxylic acids is 1. The number of aliphatic hydroxyl groups excluding tert-OH is 1. The number of hydrogen-bond acceptors (Lipinski definition) is 7. The van der Waals surface area contributed by atoms with Crippen molar-refractivity contribution >= 4 is 28.7 Å². The molecule has 34 heavy (non-hydrogen) atoms. The number of hydrogen-bond donors (Lipinski definition) is 2. The first-order chi connectivity index (χ1) is 16.4. The molecule has 5 rings (SSSR count). The SMILES string of the molecule is Cc1sc2c(c1C)C(c1ccc(N3CCC(CO)CC3)cc1)=N[C@@H](CC(=O)O)c1nnc(C)n1-2. The van der Waals surface area contributed by atoms with Gasteiger partial charge in [-0.1, -0.05) is 12.1 Å². The van der Waals surface area contributed by atoms with Crippen LogP contribution in [0.4, 0.5) is 5.69 Å². The van der Waals surface area contributed by atoms with E-state index in [2.05, 4.69) is 53.2 Å². The van der Waals surface area contributed by atoms with Crippen LogP contribution in [0.5, 0.6) is 0 Å². The molecule has 2 N–H and O–H groups in total. The summed E-state index contributed by atoms with van der Waals surface area (Å²) in [6, 6.07) is 7.78. The second kappa shape index (κ2) is 8.96. The Morgan fingerprint density at radius 1 is 1.12 bits per heavy atom. The summed E-state index contributed by atoms with van der Waals surface area (Å²) >= 11 is 1.67. The predicted molar refractivity (Wildman–Crippen MR) is 133 cm³/mol. The van der Waals surface area contributed by atoms with E-state index in [0.29, 0.717) is 11.7 Å². The molecule has 9 heteroatoms. The van der Waals surface area contributed by atoms with Gasteiger partial charge in [0.2, 0.25) is 0 Å². The van der Waals surface area contributed by atoms with Crippen LogP contribution in [0.2, 0.25) is 0 Å². The molecule has 8 nitrogen and oxygen atoms in total. The summed E-state index contributed by atoms with van der Waals surface area (Å²) in [6.45, 7) is 8.22. The van der Waals surface area contributed by atoms with Crippen molar-refractivity contribution in [2.45, 2.75) is 46.1 Å². The monoisotopic (exact) mass is 479 g/mol. The van der Waals surface area contributed by atoms with E-state index in [1.54, 1.807) is 11.3 Å². The van der Waals surface area contributed by atoms with Gasteiger partial charge in [0.1, 0.15) is 16.9 Å². The summed E-state index contributed by atoms with van der Waals surface area (Å²) < 4.78 is 1.98. The number of nitrogens with zero attached hydrogens (tertiary/aromatic N) is 5. The average molecular weight is 480 g/mol. The number of fused-ring (bicyclic) bond motifs is 3. The number of aromatic nitrogens is 3. The lowest BCUT2D eigenvalue weighted by Crippen LogP contribution is -2.34. The molecule has 2 aliphatic rings. The Morgan fingerprint density at radius 3 is 2.47 bits per heavy atom. The normalized spacial score (nSPS) is 18.3. The number of aryl methyl sites for hydroxylation is 2. The van der Waals surface area contributed by atoms with Gasteiger partial charge in [-0.05, 0) is 57.2 Å². The lowest BCUT2D eigenvalue weighted by molar-refractivity contribution is -0.137. The van der Waals surface area contributed by atoms with E-state index in [1.807, 2.05) is 11.5 Å². The zero-order chi connectivity index (χ0) is 24.0. The Labute approximate surface area is 202 Å². The van der Waals surface area contributed by atoms with Crippen molar-refractivity contribution in [2.24, 2.45) is 10.9 Å². The van der Waals surface area contributed by atoms with Crippen LogP contribution in [-0.2, 0) is 4.79 Å². The van der Waals surface area contributed by atoms with Crippen LogP contribution in [0, 0.1) is 26.7 Å². The first kappa shape index (κ1) is 22.7. The number of aliphatic hydroxyl groups is 1. The fourth-order valence-corrected chi connectivity index (χ4v) is 6.11. The van der Waals surface area contributed by atoms with Crippen molar-refractivity contribution in [3.8, 4) is 5.00 Å². The molecule has 0 bridgehead atoms. The lowest BCUT2D eigenvalue weighted by Gasteiger charge is -2.33. The Balaban J connectivity index is 1.57. The van der Waals surface area contributed by atoms with E-state index < -0.39 is 12.0 Å². The van der Waals surface area contributed by atoms with Gasteiger partial charge in [0.05, 0.1) is 12.1 Å². The van der Waals surface area contributed by atoms with Crippen LogP contribution in [-0.4, -0.2) is 56.4 Å². The van der Waals surface area contributed by atoms with Crippen molar-refractivity contribution < 1.29 is 15.0 Å². The largest absolute Gasteiger partial charge is 0.481 e. The third kappa shape index (κ3) is 3.92. The number of anilines is 1. The van der Waals surface area contributed by atoms with Gasteiger partial charge < -0.3 is 15.1 Å². The van der Waals surface area contributed by atoms with Gasteiger partial charge in [0.25, 0.3) is 0 Å². The van der Waals surface area contributed by atoms with Crippen LogP contribution >= 0.6 is 11.3 Å². The molecule has 178 valence electrons. The smallest absolute Gasteiger partial charge is 0.306 e. The number of rotatable bonds is 5. The van der Waals surface area contributed by atoms with Crippen LogP contribution < -0.4 is 4.90 Å². The van der Waals surface area contributed by atoms with Crippen molar-refractivity contribution in [1.82, 2.24) is 14.8 Å². The number of thiophene rings is 1. The molecule has 0 spiro atoms. The van der Waals surface area contributed by atoms with E-state index >= 15 is 0 Å². The van der Waals surface area contributed by atoms with E-state index in [0.717, 1.165) is 64.8 Å². The fourth-order valence-electron chi connectivity index (χ4n) is 4.89. The molecule has 2 aromatic heterocycles. The second-order valence-corrected chi connectivity index (χ2v) is 10.4. The Morgan fingerprint density at radius 2 is 1.82 bits per heavy atom. The van der Waals surface area contributed by atoms with Gasteiger partial charge >= 0.3 is 5.97 Å². The molecule has 0 amide bonds. The highest BCUT2D eigenvalue weighted by Crippen LogP contribution is 2.39. The van der Waals surface area contributed by atoms with Gasteiger partial charge in [-0.3, -0.25) is 14.4 Å². The van der Waals surface area contributed by atoms with Crippen LogP contribution in [0.25, 0.3) is 5.00 Å². The minimum atomic E-state index is -0.917. The number of carbonyl (C=O) groups is 1. The quantitative estimate of drug-likeness (QED) is 0.576. The van der Waals surface area contributed by atoms with Crippen molar-refractivity contribution in [1.29, 1.82) is 0 Å². The topological polar surface area (TPSA) is 104 Å². The first-order valence-electron chi connectivity index (χ1n) is 11.7. The Hall–Kier alpha value is -3.04. The van der Waals surface area contributed by atoms with E-state index in [1.165, 1.54) is 4.88 Å². The van der Waals surface area contributed by atoms with Crippen LogP contribution in [0.1, 0.15) is 58.5 Å². The van der Waals surface area contributed by atoms with Crippen molar-refractivity contribution in [2.75, 3.05) is 24.6 Å². The fraction of sp³-hybridized carbons (Fsp3) is 0.440. The zero-order valence-electron chi connectivity index (χ0n) is 19.7. The Bertz CT molecular complexity index is 1250. The highest BCUT2D eigenvalue weighted by atomic mass is 32.1. The average Bonchev–Trinajstić information content (AvgIpc) is 3.31. The summed E-state index contributed by atoms with van der Waals surface area (Å²) in [7, 11) is 0. The third-order valence-corrected chi connectivity index (χ3v) is 8.18. The predicted octanol–water partition coefficient (Wildman–Crippen LogP) is 3.83. The number of aliphatic imine (C=N–C) groups is 1. The molecule has 0 aliphatic carbocycles. The number of carboxylic acids is 1. The molecule has 3 aromatic rings. The maximum absolute atomic E-state index is 11.7. The van der Waals surface area contributed by atoms with Gasteiger partial charge in [-0.2, -0.15) is 0 Å². The zero-order valence-corrected chi connectivity index (χ0v) is 20.5. The van der Waals surface area contributed by atoms with E-state index in [9.17, 15) is 15.0 Å². The summed E-state index contributed by atoms with van der Waals surface area (Å²) in [4.78, 5) is 20.2. The maximum atomic E-state index is 11.7. The highest BCUT2D eigenvalue weighted by molar-refractivity contribution is 7.15. The molecule has 2 aliphatic heterocycles. The molecular formula is C25H29N5O3S. The van der Waals surface area contributed by atoms with Gasteiger partial charge in [0, 0.05) is 41.4 Å². The lowest BCUT2D eigenvalue weighted by atomic mass is 9.96. The maximum Gasteiger partial charge on any atom is 0.306 e. The second-order valence-electron chi connectivity index (χ2n) is 9.16. The molecule has 1 fully saturated rings. The minimum Gasteiger partial charge on any atom is -0.481 e. The molecule has 0 saturated carbocycles. The molecule has 4 heterocycles. The minimum absolute atomic E-state index is 0.146. The standard InChI is InChI=1S/C25H29N5O3S/c1-14-15(2)34-25-22(14)23(26-20(12-21(32)33)24-28-27-16(3)30(24)25)18-4-6-19(7-5-18)29-10-8-17(13-31)9-11-29/h4-7,17,20,31H,8-13H2,1-3H3,(H,32,33)/t20-/m0/s1. The van der Waals surface area contributed by atoms with Gasteiger partial charge in [-0.25, -0.2) is 0 Å². The summed E-state index contributed by atoms with van der Waals surface area (Å²) in [5.41, 5.74) is 5.09. The molecule has 1 aromatic carbocycles. The van der Waals surface area contributed by atoms with Crippen LogP contribution in [0.3, 0.4) is 0 Å². The molecular weight excluding hydrogens is 450 g/mol. The summed E-state index contributed by atoms with van der Waals surface area (Å²) in [5, 5.41) is 28.6. The number of benzene rings is 1. The number of piperidine rings is 1. The first-order valence-corrected chi connectivity index (χ1v) is 12.5. The molecule has 1 saturated heterocycles. The van der Waals surface area contributed by atoms with E-state index in [4.69, 9.17) is 4.99 Å². The molecule has 0 unspecified atom stereocenters. The highest BCUT2D eigenvalue weighted by Gasteiger charge is 2.32. The molecule has 0 radical (unpaired) electrons. The molecule has 1 atom stereocenters. The Kier molecular flexibility index (Phi) is 5.99. The van der Waals surface area contributed by atoms with E-state index in [-0.39, 0.29) is 13.0 Å². The van der Waals surface area contributed by atoms with Crippen molar-refractivity contribution in [3.63, 3.8) is 0 Å².